The number of halogens is 1. The fourth-order valence-electron chi connectivity index (χ4n) is 2.80. The Hall–Kier alpha value is -2.66. The monoisotopic (exact) mass is 453 g/mol. The Morgan fingerprint density at radius 1 is 1.17 bits per heavy atom. The van der Waals surface area contributed by atoms with E-state index >= 15 is 0 Å². The van der Waals surface area contributed by atoms with E-state index in [0.717, 1.165) is 0 Å². The molecule has 30 heavy (non-hydrogen) atoms. The number of rotatable bonds is 6. The number of nitrogens with one attached hydrogen (secondary N) is 1. The maximum absolute atomic E-state index is 12.7. The lowest BCUT2D eigenvalue weighted by atomic mass is 10.2. The van der Waals surface area contributed by atoms with Gasteiger partial charge in [0.25, 0.3) is 5.91 Å². The molecule has 1 fully saturated rings. The first-order valence-corrected chi connectivity index (χ1v) is 10.8. The van der Waals surface area contributed by atoms with Crippen LogP contribution in [0.15, 0.2) is 47.4 Å². The normalized spacial score (nSPS) is 14.8. The van der Waals surface area contributed by atoms with E-state index in [2.05, 4.69) is 5.32 Å². The van der Waals surface area contributed by atoms with E-state index in [-0.39, 0.29) is 34.9 Å². The molecule has 0 saturated carbocycles. The van der Waals surface area contributed by atoms with Gasteiger partial charge in [0.15, 0.2) is 6.61 Å². The molecule has 11 heteroatoms. The molecule has 1 aliphatic rings. The van der Waals surface area contributed by atoms with E-state index < -0.39 is 28.5 Å². The van der Waals surface area contributed by atoms with Gasteiger partial charge in [-0.25, -0.2) is 13.2 Å². The predicted octanol–water partition coefficient (Wildman–Crippen LogP) is 1.74. The van der Waals surface area contributed by atoms with Crippen molar-refractivity contribution in [1.82, 2.24) is 4.31 Å². The molecule has 3 N–H and O–H groups in total. The van der Waals surface area contributed by atoms with Crippen LogP contribution in [-0.4, -0.2) is 57.5 Å². The zero-order chi connectivity index (χ0) is 21.7. The molecule has 0 radical (unpaired) electrons. The van der Waals surface area contributed by atoms with Gasteiger partial charge in [0.1, 0.15) is 0 Å². The van der Waals surface area contributed by atoms with Gasteiger partial charge in [-0.15, -0.1) is 0 Å². The van der Waals surface area contributed by atoms with Crippen molar-refractivity contribution in [3.8, 4) is 0 Å². The third-order valence-electron chi connectivity index (χ3n) is 4.29. The summed E-state index contributed by atoms with van der Waals surface area (Å²) in [6.07, 6.45) is 0. The fourth-order valence-corrected chi connectivity index (χ4v) is 4.43. The van der Waals surface area contributed by atoms with Gasteiger partial charge < -0.3 is 20.5 Å². The molecule has 9 nitrogen and oxygen atoms in total. The number of carbonyl (C=O) groups excluding carboxylic acids is 2. The number of hydrogen-bond acceptors (Lipinski definition) is 7. The van der Waals surface area contributed by atoms with Gasteiger partial charge in [0.05, 0.1) is 23.7 Å². The maximum Gasteiger partial charge on any atom is 0.340 e. The van der Waals surface area contributed by atoms with Crippen LogP contribution in [0.4, 0.5) is 11.4 Å². The van der Waals surface area contributed by atoms with Crippen LogP contribution in [0.25, 0.3) is 0 Å². The molecule has 160 valence electrons. The summed E-state index contributed by atoms with van der Waals surface area (Å²) in [4.78, 5) is 24.3. The number of nitrogens with zero attached hydrogens (tertiary/aromatic N) is 1. The second-order valence-corrected chi connectivity index (χ2v) is 8.77. The van der Waals surface area contributed by atoms with Crippen molar-refractivity contribution in [1.29, 1.82) is 0 Å². The molecule has 0 atom stereocenters. The third kappa shape index (κ3) is 5.28. The first-order chi connectivity index (χ1) is 14.3. The molecule has 1 saturated heterocycles. The number of benzene rings is 2. The molecule has 3 rings (SSSR count). The highest BCUT2D eigenvalue weighted by molar-refractivity contribution is 7.89. The van der Waals surface area contributed by atoms with Crippen molar-refractivity contribution in [2.75, 3.05) is 44.0 Å². The van der Waals surface area contributed by atoms with Crippen molar-refractivity contribution in [3.05, 3.63) is 53.1 Å². The van der Waals surface area contributed by atoms with Gasteiger partial charge in [-0.2, -0.15) is 4.31 Å². The zero-order valence-electron chi connectivity index (χ0n) is 15.8. The zero-order valence-corrected chi connectivity index (χ0v) is 17.4. The third-order valence-corrected chi connectivity index (χ3v) is 6.42. The number of nitrogen functional groups attached to an aromatic ring is 1. The lowest BCUT2D eigenvalue weighted by molar-refractivity contribution is -0.119. The van der Waals surface area contributed by atoms with Gasteiger partial charge in [-0.05, 0) is 36.4 Å². The quantitative estimate of drug-likeness (QED) is 0.503. The van der Waals surface area contributed by atoms with Crippen LogP contribution in [0.1, 0.15) is 10.4 Å². The number of ether oxygens (including phenoxy) is 2. The van der Waals surface area contributed by atoms with Gasteiger partial charge in [0.2, 0.25) is 10.0 Å². The van der Waals surface area contributed by atoms with Crippen molar-refractivity contribution in [2.45, 2.75) is 4.90 Å². The van der Waals surface area contributed by atoms with E-state index in [9.17, 15) is 18.0 Å². The van der Waals surface area contributed by atoms with Gasteiger partial charge in [-0.1, -0.05) is 17.7 Å². The summed E-state index contributed by atoms with van der Waals surface area (Å²) < 4.78 is 36.9. The summed E-state index contributed by atoms with van der Waals surface area (Å²) in [6, 6.07) is 10.1. The minimum Gasteiger partial charge on any atom is -0.452 e. The molecule has 0 unspecified atom stereocenters. The number of sulfonamides is 1. The van der Waals surface area contributed by atoms with Crippen molar-refractivity contribution in [3.63, 3.8) is 0 Å². The molecular formula is C19H20ClN3O6S. The van der Waals surface area contributed by atoms with E-state index in [1.165, 1.54) is 46.8 Å². The van der Waals surface area contributed by atoms with Gasteiger partial charge >= 0.3 is 5.97 Å². The Labute approximate surface area is 178 Å². The Morgan fingerprint density at radius 3 is 2.60 bits per heavy atom. The van der Waals surface area contributed by atoms with E-state index in [0.29, 0.717) is 18.2 Å². The second kappa shape index (κ2) is 9.43. The summed E-state index contributed by atoms with van der Waals surface area (Å²) in [7, 11) is -3.70. The molecule has 0 aliphatic carbocycles. The molecule has 1 amide bonds. The van der Waals surface area contributed by atoms with Gasteiger partial charge in [0, 0.05) is 29.5 Å². The number of nitrogens with two attached hydrogens (primary N) is 1. The van der Waals surface area contributed by atoms with Crippen LogP contribution in [0.5, 0.6) is 0 Å². The summed E-state index contributed by atoms with van der Waals surface area (Å²) in [5.74, 6) is -1.40. The minimum absolute atomic E-state index is 0.0492. The lowest BCUT2D eigenvalue weighted by Gasteiger charge is -2.26. The summed E-state index contributed by atoms with van der Waals surface area (Å²) in [6.45, 7) is 0.630. The molecule has 0 spiro atoms. The van der Waals surface area contributed by atoms with Crippen molar-refractivity contribution < 1.29 is 27.5 Å². The molecule has 0 bridgehead atoms. The lowest BCUT2D eigenvalue weighted by Crippen LogP contribution is -2.40. The largest absolute Gasteiger partial charge is 0.452 e. The number of amides is 1. The van der Waals surface area contributed by atoms with E-state index in [4.69, 9.17) is 26.8 Å². The highest BCUT2D eigenvalue weighted by Gasteiger charge is 2.26. The Bertz CT molecular complexity index is 1050. The highest BCUT2D eigenvalue weighted by atomic mass is 35.5. The van der Waals surface area contributed by atoms with Crippen LogP contribution in [0.3, 0.4) is 0 Å². The fraction of sp³-hybridized carbons (Fsp3) is 0.263. The summed E-state index contributed by atoms with van der Waals surface area (Å²) in [5, 5.41) is 2.88. The predicted molar refractivity (Wildman–Crippen MR) is 111 cm³/mol. The summed E-state index contributed by atoms with van der Waals surface area (Å²) >= 11 is 5.79. The van der Waals surface area contributed by atoms with Crippen molar-refractivity contribution >= 4 is 44.9 Å². The average Bonchev–Trinajstić information content (AvgIpc) is 2.73. The Kier molecular flexibility index (Phi) is 6.93. The Balaban J connectivity index is 1.61. The van der Waals surface area contributed by atoms with Gasteiger partial charge in [-0.3, -0.25) is 4.79 Å². The second-order valence-electron chi connectivity index (χ2n) is 6.40. The van der Waals surface area contributed by atoms with Crippen LogP contribution >= 0.6 is 11.6 Å². The number of morpholine rings is 1. The minimum atomic E-state index is -3.70. The first kappa shape index (κ1) is 22.0. The standard InChI is InChI=1S/C19H20ClN3O6S/c20-13-4-5-16(17(21)10-13)19(25)29-12-18(24)22-14-2-1-3-15(11-14)30(26,27)23-6-8-28-9-7-23/h1-5,10-11H,6-9,12,21H2,(H,22,24). The van der Waals surface area contributed by atoms with Crippen LogP contribution in [-0.2, 0) is 24.3 Å². The maximum atomic E-state index is 12.7. The highest BCUT2D eigenvalue weighted by Crippen LogP contribution is 2.21. The first-order valence-electron chi connectivity index (χ1n) is 8.97. The smallest absolute Gasteiger partial charge is 0.340 e. The molecular weight excluding hydrogens is 434 g/mol. The Morgan fingerprint density at radius 2 is 1.90 bits per heavy atom. The molecule has 1 aliphatic heterocycles. The van der Waals surface area contributed by atoms with Crippen molar-refractivity contribution in [2.24, 2.45) is 0 Å². The molecule has 0 aromatic heterocycles. The van der Waals surface area contributed by atoms with Crippen LogP contribution in [0.2, 0.25) is 5.02 Å². The molecule has 2 aromatic rings. The molecule has 1 heterocycles. The van der Waals surface area contributed by atoms with Crippen LogP contribution in [0, 0.1) is 0 Å². The number of esters is 1. The summed E-state index contributed by atoms with van der Waals surface area (Å²) in [5.41, 5.74) is 6.20. The topological polar surface area (TPSA) is 128 Å². The van der Waals surface area contributed by atoms with Crippen LogP contribution < -0.4 is 11.1 Å². The number of hydrogen-bond donors (Lipinski definition) is 2. The van der Waals surface area contributed by atoms with E-state index in [1.54, 1.807) is 0 Å². The van der Waals surface area contributed by atoms with E-state index in [1.807, 2.05) is 0 Å². The molecule has 2 aromatic carbocycles. The number of anilines is 2. The number of carbonyl (C=O) groups is 2. The average molecular weight is 454 g/mol. The SMILES string of the molecule is Nc1cc(Cl)ccc1C(=O)OCC(=O)Nc1cccc(S(=O)(=O)N2CCOCC2)c1.